The monoisotopic (exact) mass is 403 g/mol. The minimum absolute atomic E-state index is 0.232. The van der Waals surface area contributed by atoms with Crippen molar-refractivity contribution < 1.29 is 22.7 Å². The average molecular weight is 403 g/mol. The summed E-state index contributed by atoms with van der Waals surface area (Å²) in [7, 11) is 1.54. The van der Waals surface area contributed by atoms with E-state index in [1.165, 1.54) is 29.9 Å². The van der Waals surface area contributed by atoms with E-state index in [9.17, 15) is 22.8 Å². The Hall–Kier alpha value is -3.62. The van der Waals surface area contributed by atoms with Crippen molar-refractivity contribution in [2.45, 2.75) is 6.18 Å². The molecule has 3 rings (SSSR count). The minimum atomic E-state index is -4.57. The number of hydrogen-bond donors (Lipinski definition) is 1. The normalized spacial score (nSPS) is 11.2. The second kappa shape index (κ2) is 8.17. The molecule has 9 heteroatoms. The number of benzene rings is 2. The molecule has 0 spiro atoms. The van der Waals surface area contributed by atoms with Crippen molar-refractivity contribution in [2.24, 2.45) is 7.05 Å². The molecule has 0 radical (unpaired) electrons. The van der Waals surface area contributed by atoms with Gasteiger partial charge in [-0.25, -0.2) is 4.68 Å². The van der Waals surface area contributed by atoms with Gasteiger partial charge in [0.05, 0.1) is 11.3 Å². The predicted octanol–water partition coefficient (Wildman–Crippen LogP) is 3.48. The van der Waals surface area contributed by atoms with Gasteiger partial charge in [0, 0.05) is 24.4 Å². The Morgan fingerprint density at radius 3 is 2.41 bits per heavy atom. The van der Waals surface area contributed by atoms with Gasteiger partial charge in [-0.05, 0) is 30.3 Å². The van der Waals surface area contributed by atoms with Crippen molar-refractivity contribution in [3.63, 3.8) is 0 Å². The van der Waals surface area contributed by atoms with Crippen molar-refractivity contribution in [1.29, 1.82) is 0 Å². The number of alkyl halides is 3. The number of aryl methyl sites for hydroxylation is 1. The van der Waals surface area contributed by atoms with Gasteiger partial charge in [0.1, 0.15) is 5.75 Å². The summed E-state index contributed by atoms with van der Waals surface area (Å²) >= 11 is 0. The average Bonchev–Trinajstić information content (AvgIpc) is 2.69. The van der Waals surface area contributed by atoms with E-state index in [-0.39, 0.29) is 5.56 Å². The molecule has 29 heavy (non-hydrogen) atoms. The second-order valence-electron chi connectivity index (χ2n) is 6.09. The largest absolute Gasteiger partial charge is 0.483 e. The van der Waals surface area contributed by atoms with E-state index < -0.39 is 30.0 Å². The highest BCUT2D eigenvalue weighted by atomic mass is 19.4. The first-order chi connectivity index (χ1) is 13.7. The lowest BCUT2D eigenvalue weighted by molar-refractivity contribution is -0.139. The minimum Gasteiger partial charge on any atom is -0.483 e. The van der Waals surface area contributed by atoms with Gasteiger partial charge in [-0.3, -0.25) is 9.59 Å². The van der Waals surface area contributed by atoms with Crippen LogP contribution in [0.4, 0.5) is 18.9 Å². The van der Waals surface area contributed by atoms with Crippen molar-refractivity contribution in [3.8, 4) is 17.0 Å². The molecular formula is C20H16F3N3O3. The Balaban J connectivity index is 1.63. The van der Waals surface area contributed by atoms with Gasteiger partial charge in [-0.1, -0.05) is 24.3 Å². The van der Waals surface area contributed by atoms with Crippen LogP contribution in [-0.2, 0) is 18.0 Å². The smallest absolute Gasteiger partial charge is 0.419 e. The third kappa shape index (κ3) is 5.01. The second-order valence-corrected chi connectivity index (χ2v) is 6.09. The molecule has 1 N–H and O–H groups in total. The molecule has 0 saturated carbocycles. The van der Waals surface area contributed by atoms with Crippen LogP contribution in [0.3, 0.4) is 0 Å². The summed E-state index contributed by atoms with van der Waals surface area (Å²) < 4.78 is 45.1. The van der Waals surface area contributed by atoms with Crippen molar-refractivity contribution in [1.82, 2.24) is 9.78 Å². The summed E-state index contributed by atoms with van der Waals surface area (Å²) in [6, 6.07) is 14.3. The third-order valence-electron chi connectivity index (χ3n) is 3.98. The molecule has 0 aliphatic carbocycles. The number of aromatic nitrogens is 2. The highest BCUT2D eigenvalue weighted by Crippen LogP contribution is 2.35. The van der Waals surface area contributed by atoms with Crippen molar-refractivity contribution in [2.75, 3.05) is 11.9 Å². The number of nitrogens with zero attached hydrogens (tertiary/aromatic N) is 2. The Labute approximate surface area is 163 Å². The number of rotatable bonds is 5. The number of carbonyl (C=O) groups excluding carboxylic acids is 1. The number of nitrogens with one attached hydrogen (secondary N) is 1. The fourth-order valence-electron chi connectivity index (χ4n) is 2.55. The predicted molar refractivity (Wildman–Crippen MR) is 100 cm³/mol. The number of halogens is 3. The fourth-order valence-corrected chi connectivity index (χ4v) is 2.55. The van der Waals surface area contributed by atoms with E-state index in [4.69, 9.17) is 4.74 Å². The molecule has 1 heterocycles. The molecule has 6 nitrogen and oxygen atoms in total. The van der Waals surface area contributed by atoms with Crippen LogP contribution < -0.4 is 15.6 Å². The Bertz CT molecular complexity index is 1080. The maximum Gasteiger partial charge on any atom is 0.419 e. The number of anilines is 1. The van der Waals surface area contributed by atoms with E-state index in [2.05, 4.69) is 10.4 Å². The first-order valence-electron chi connectivity index (χ1n) is 8.48. The fraction of sp³-hybridized carbons (Fsp3) is 0.150. The molecule has 2 aromatic carbocycles. The lowest BCUT2D eigenvalue weighted by Crippen LogP contribution is -2.21. The summed E-state index contributed by atoms with van der Waals surface area (Å²) in [5.41, 5.74) is 0.578. The van der Waals surface area contributed by atoms with Crippen molar-refractivity contribution >= 4 is 11.6 Å². The SMILES string of the molecule is Cn1nc(-c2ccc(NC(=O)COc3ccccc3C(F)(F)F)cc2)ccc1=O. The molecule has 1 amide bonds. The Kier molecular flexibility index (Phi) is 5.67. The zero-order valence-electron chi connectivity index (χ0n) is 15.2. The summed E-state index contributed by atoms with van der Waals surface area (Å²) in [6.45, 7) is -0.572. The molecule has 0 unspecified atom stereocenters. The van der Waals surface area contributed by atoms with Crippen LogP contribution in [-0.4, -0.2) is 22.3 Å². The van der Waals surface area contributed by atoms with E-state index in [1.807, 2.05) is 0 Å². The van der Waals surface area contributed by atoms with E-state index in [0.29, 0.717) is 11.4 Å². The summed E-state index contributed by atoms with van der Waals surface area (Å²) in [4.78, 5) is 23.4. The summed E-state index contributed by atoms with van der Waals surface area (Å²) in [5.74, 6) is -1.01. The van der Waals surface area contributed by atoms with E-state index in [0.717, 1.165) is 17.7 Å². The van der Waals surface area contributed by atoms with Crippen LogP contribution in [0.1, 0.15) is 5.56 Å². The molecule has 3 aromatic rings. The Morgan fingerprint density at radius 2 is 1.76 bits per heavy atom. The van der Waals surface area contributed by atoms with Gasteiger partial charge in [-0.2, -0.15) is 18.3 Å². The number of hydrogen-bond acceptors (Lipinski definition) is 4. The highest BCUT2D eigenvalue weighted by molar-refractivity contribution is 5.92. The lowest BCUT2D eigenvalue weighted by atomic mass is 10.1. The quantitative estimate of drug-likeness (QED) is 0.708. The zero-order chi connectivity index (χ0) is 21.0. The highest BCUT2D eigenvalue weighted by Gasteiger charge is 2.34. The van der Waals surface area contributed by atoms with Crippen LogP contribution in [0.2, 0.25) is 0 Å². The lowest BCUT2D eigenvalue weighted by Gasteiger charge is -2.13. The molecular weight excluding hydrogens is 387 g/mol. The molecule has 150 valence electrons. The molecule has 0 aliphatic rings. The molecule has 0 saturated heterocycles. The van der Waals surface area contributed by atoms with Crippen LogP contribution >= 0.6 is 0 Å². The van der Waals surface area contributed by atoms with Crippen LogP contribution in [0.25, 0.3) is 11.3 Å². The van der Waals surface area contributed by atoms with Gasteiger partial charge in [0.2, 0.25) is 0 Å². The van der Waals surface area contributed by atoms with Gasteiger partial charge >= 0.3 is 6.18 Å². The van der Waals surface area contributed by atoms with Crippen LogP contribution in [0, 0.1) is 0 Å². The maximum atomic E-state index is 12.9. The van der Waals surface area contributed by atoms with E-state index >= 15 is 0 Å². The third-order valence-corrected chi connectivity index (χ3v) is 3.98. The number of ether oxygens (including phenoxy) is 1. The van der Waals surface area contributed by atoms with Gasteiger partial charge in [-0.15, -0.1) is 0 Å². The number of para-hydroxylation sites is 1. The van der Waals surface area contributed by atoms with Gasteiger partial charge in [0.25, 0.3) is 11.5 Å². The first-order valence-corrected chi connectivity index (χ1v) is 8.48. The molecule has 0 fully saturated rings. The molecule has 0 atom stereocenters. The van der Waals surface area contributed by atoms with Gasteiger partial charge in [0.15, 0.2) is 6.61 Å². The number of amides is 1. The van der Waals surface area contributed by atoms with Crippen LogP contribution in [0.15, 0.2) is 65.5 Å². The maximum absolute atomic E-state index is 12.9. The molecule has 1 aromatic heterocycles. The number of carbonyl (C=O) groups is 1. The molecule has 0 bridgehead atoms. The van der Waals surface area contributed by atoms with Crippen LogP contribution in [0.5, 0.6) is 5.75 Å². The molecule has 0 aliphatic heterocycles. The zero-order valence-corrected chi connectivity index (χ0v) is 15.2. The Morgan fingerprint density at radius 1 is 1.07 bits per heavy atom. The van der Waals surface area contributed by atoms with E-state index in [1.54, 1.807) is 30.3 Å². The standard InChI is InChI=1S/C20H16F3N3O3/c1-26-19(28)11-10-16(25-26)13-6-8-14(9-7-13)24-18(27)12-29-17-5-3-2-4-15(17)20(21,22)23/h2-11H,12H2,1H3,(H,24,27). The summed E-state index contributed by atoms with van der Waals surface area (Å²) in [5, 5.41) is 6.68. The summed E-state index contributed by atoms with van der Waals surface area (Å²) in [6.07, 6.45) is -4.57. The van der Waals surface area contributed by atoms with Crippen molar-refractivity contribution in [3.05, 3.63) is 76.6 Å². The van der Waals surface area contributed by atoms with Gasteiger partial charge < -0.3 is 10.1 Å². The topological polar surface area (TPSA) is 73.2 Å². The first kappa shape index (κ1) is 20.1.